The first-order valence-electron chi connectivity index (χ1n) is 9.09. The third-order valence-corrected chi connectivity index (χ3v) is 4.23. The molecule has 1 unspecified atom stereocenters. The maximum absolute atomic E-state index is 6.04. The van der Waals surface area contributed by atoms with E-state index >= 15 is 0 Å². The summed E-state index contributed by atoms with van der Waals surface area (Å²) in [6.07, 6.45) is 0.215. The number of rotatable bonds is 9. The molecule has 0 spiro atoms. The van der Waals surface area contributed by atoms with E-state index in [4.69, 9.17) is 18.9 Å². The number of ether oxygens (including phenoxy) is 4. The van der Waals surface area contributed by atoms with Crippen LogP contribution in [-0.4, -0.2) is 19.3 Å². The summed E-state index contributed by atoms with van der Waals surface area (Å²) >= 11 is 0. The van der Waals surface area contributed by atoms with Crippen molar-refractivity contribution in [3.05, 3.63) is 90.0 Å². The molecule has 0 aromatic heterocycles. The minimum Gasteiger partial charge on any atom is -0.491 e. The molecule has 1 fully saturated rings. The number of hydrogen-bond donors (Lipinski definition) is 0. The lowest BCUT2D eigenvalue weighted by Crippen LogP contribution is -2.05. The molecule has 4 heteroatoms. The van der Waals surface area contributed by atoms with Gasteiger partial charge in [0.25, 0.3) is 0 Å². The zero-order valence-corrected chi connectivity index (χ0v) is 15.0. The largest absolute Gasteiger partial charge is 0.491 e. The second-order valence-electron chi connectivity index (χ2n) is 6.42. The predicted molar refractivity (Wildman–Crippen MR) is 103 cm³/mol. The lowest BCUT2D eigenvalue weighted by Gasteiger charge is -2.15. The van der Waals surface area contributed by atoms with Crippen LogP contribution in [0.3, 0.4) is 0 Å². The van der Waals surface area contributed by atoms with Gasteiger partial charge in [-0.3, -0.25) is 0 Å². The van der Waals surface area contributed by atoms with Crippen LogP contribution in [0.1, 0.15) is 11.1 Å². The first-order chi connectivity index (χ1) is 13.4. The van der Waals surface area contributed by atoms with Gasteiger partial charge in [0.05, 0.1) is 6.61 Å². The Morgan fingerprint density at radius 3 is 1.89 bits per heavy atom. The first-order valence-corrected chi connectivity index (χ1v) is 9.09. The Balaban J connectivity index is 1.46. The fourth-order valence-electron chi connectivity index (χ4n) is 2.63. The fraction of sp³-hybridized carbons (Fsp3) is 0.217. The van der Waals surface area contributed by atoms with Gasteiger partial charge in [-0.15, -0.1) is 0 Å². The topological polar surface area (TPSA) is 40.2 Å². The summed E-state index contributed by atoms with van der Waals surface area (Å²) in [6, 6.07) is 25.8. The Morgan fingerprint density at radius 1 is 0.704 bits per heavy atom. The second-order valence-corrected chi connectivity index (χ2v) is 6.42. The van der Waals surface area contributed by atoms with Crippen molar-refractivity contribution in [2.24, 2.45) is 0 Å². The fourth-order valence-corrected chi connectivity index (χ4v) is 2.63. The summed E-state index contributed by atoms with van der Waals surface area (Å²) in [5.41, 5.74) is 2.21. The molecule has 3 aromatic rings. The van der Waals surface area contributed by atoms with Gasteiger partial charge in [-0.25, -0.2) is 0 Å². The normalized spacial score (nSPS) is 15.2. The molecule has 27 heavy (non-hydrogen) atoms. The van der Waals surface area contributed by atoms with E-state index in [1.165, 1.54) is 0 Å². The van der Waals surface area contributed by atoms with E-state index in [2.05, 4.69) is 0 Å². The van der Waals surface area contributed by atoms with Crippen molar-refractivity contribution in [3.8, 4) is 17.2 Å². The van der Waals surface area contributed by atoms with Crippen molar-refractivity contribution in [2.75, 3.05) is 13.2 Å². The SMILES string of the molecule is c1ccc(COc2ccc(OCC3CO3)cc2OCc2ccccc2)cc1. The van der Waals surface area contributed by atoms with E-state index in [0.29, 0.717) is 31.3 Å². The highest BCUT2D eigenvalue weighted by Crippen LogP contribution is 2.33. The van der Waals surface area contributed by atoms with Crippen molar-refractivity contribution in [3.63, 3.8) is 0 Å². The Labute approximate surface area is 159 Å². The molecule has 1 aliphatic rings. The molecule has 4 nitrogen and oxygen atoms in total. The van der Waals surface area contributed by atoms with Gasteiger partial charge < -0.3 is 18.9 Å². The summed E-state index contributed by atoms with van der Waals surface area (Å²) in [5.74, 6) is 2.12. The highest BCUT2D eigenvalue weighted by molar-refractivity contribution is 5.46. The highest BCUT2D eigenvalue weighted by atomic mass is 16.6. The van der Waals surface area contributed by atoms with Crippen molar-refractivity contribution in [1.82, 2.24) is 0 Å². The van der Waals surface area contributed by atoms with Crippen molar-refractivity contribution < 1.29 is 18.9 Å². The van der Waals surface area contributed by atoms with E-state index in [1.807, 2.05) is 78.9 Å². The molecule has 1 heterocycles. The average molecular weight is 362 g/mol. The van der Waals surface area contributed by atoms with E-state index in [1.54, 1.807) is 0 Å². The standard InChI is InChI=1S/C23H22O4/c1-3-7-18(8-4-1)14-26-22-12-11-20(24-16-21-17-25-21)13-23(22)27-15-19-9-5-2-6-10-19/h1-13,21H,14-17H2. The van der Waals surface area contributed by atoms with E-state index in [0.717, 1.165) is 23.5 Å². The summed E-state index contributed by atoms with van der Waals surface area (Å²) in [7, 11) is 0. The Hall–Kier alpha value is -2.98. The van der Waals surface area contributed by atoms with Crippen LogP contribution < -0.4 is 14.2 Å². The molecule has 1 atom stereocenters. The molecule has 0 N–H and O–H groups in total. The molecule has 0 bridgehead atoms. The molecule has 1 saturated heterocycles. The molecule has 0 radical (unpaired) electrons. The number of benzene rings is 3. The smallest absolute Gasteiger partial charge is 0.165 e. The second kappa shape index (κ2) is 8.60. The van der Waals surface area contributed by atoms with Crippen LogP contribution in [0, 0.1) is 0 Å². The van der Waals surface area contributed by atoms with E-state index in [9.17, 15) is 0 Å². The maximum Gasteiger partial charge on any atom is 0.165 e. The maximum atomic E-state index is 6.04. The molecule has 1 aliphatic heterocycles. The number of epoxide rings is 1. The Morgan fingerprint density at radius 2 is 1.30 bits per heavy atom. The highest BCUT2D eigenvalue weighted by Gasteiger charge is 2.23. The van der Waals surface area contributed by atoms with Crippen LogP contribution in [0.15, 0.2) is 78.9 Å². The molecule has 0 amide bonds. The van der Waals surface area contributed by atoms with E-state index < -0.39 is 0 Å². The monoisotopic (exact) mass is 362 g/mol. The van der Waals surface area contributed by atoms with Crippen LogP contribution >= 0.6 is 0 Å². The van der Waals surface area contributed by atoms with Crippen molar-refractivity contribution >= 4 is 0 Å². The predicted octanol–water partition coefficient (Wildman–Crippen LogP) is 4.62. The van der Waals surface area contributed by atoms with Gasteiger partial charge in [0.15, 0.2) is 11.5 Å². The quantitative estimate of drug-likeness (QED) is 0.521. The molecule has 138 valence electrons. The zero-order valence-electron chi connectivity index (χ0n) is 15.0. The Bertz CT molecular complexity index is 845. The molecular weight excluding hydrogens is 340 g/mol. The molecular formula is C23H22O4. The van der Waals surface area contributed by atoms with Crippen LogP contribution in [0.25, 0.3) is 0 Å². The summed E-state index contributed by atoms with van der Waals surface area (Å²) in [6.45, 7) is 2.29. The molecule has 0 aliphatic carbocycles. The minimum atomic E-state index is 0.215. The van der Waals surface area contributed by atoms with E-state index in [-0.39, 0.29) is 6.10 Å². The van der Waals surface area contributed by atoms with Crippen LogP contribution in [0.2, 0.25) is 0 Å². The minimum absolute atomic E-state index is 0.215. The van der Waals surface area contributed by atoms with Gasteiger partial charge in [-0.2, -0.15) is 0 Å². The van der Waals surface area contributed by atoms with Gasteiger partial charge in [0, 0.05) is 6.07 Å². The average Bonchev–Trinajstić information content (AvgIpc) is 3.56. The molecule has 4 rings (SSSR count). The van der Waals surface area contributed by atoms with Gasteiger partial charge in [0.1, 0.15) is 31.7 Å². The lowest BCUT2D eigenvalue weighted by atomic mass is 10.2. The summed E-state index contributed by atoms with van der Waals surface area (Å²) < 4.78 is 23.0. The zero-order chi connectivity index (χ0) is 18.3. The summed E-state index contributed by atoms with van der Waals surface area (Å²) in [5, 5.41) is 0. The van der Waals surface area contributed by atoms with Crippen LogP contribution in [0.4, 0.5) is 0 Å². The van der Waals surface area contributed by atoms with Crippen molar-refractivity contribution in [2.45, 2.75) is 19.3 Å². The van der Waals surface area contributed by atoms with Gasteiger partial charge in [0.2, 0.25) is 0 Å². The van der Waals surface area contributed by atoms with Gasteiger partial charge in [-0.05, 0) is 23.3 Å². The first kappa shape index (κ1) is 17.4. The van der Waals surface area contributed by atoms with Crippen LogP contribution in [0.5, 0.6) is 17.2 Å². The van der Waals surface area contributed by atoms with Crippen LogP contribution in [-0.2, 0) is 18.0 Å². The lowest BCUT2D eigenvalue weighted by molar-refractivity contribution is 0.246. The summed E-state index contributed by atoms with van der Waals surface area (Å²) in [4.78, 5) is 0. The van der Waals surface area contributed by atoms with Gasteiger partial charge in [-0.1, -0.05) is 60.7 Å². The number of hydrogen-bond acceptors (Lipinski definition) is 4. The molecule has 0 saturated carbocycles. The molecule has 3 aromatic carbocycles. The van der Waals surface area contributed by atoms with Crippen molar-refractivity contribution in [1.29, 1.82) is 0 Å². The third kappa shape index (κ3) is 5.25. The Kier molecular flexibility index (Phi) is 5.56. The third-order valence-electron chi connectivity index (χ3n) is 4.23. The van der Waals surface area contributed by atoms with Gasteiger partial charge >= 0.3 is 0 Å².